The molecule has 7 nitrogen and oxygen atoms in total. The number of carbonyl (C=O) groups excluding carboxylic acids is 2. The highest BCUT2D eigenvalue weighted by molar-refractivity contribution is 8.14. The fraction of sp³-hybridized carbons (Fsp3) is 0.346. The predicted octanol–water partition coefficient (Wildman–Crippen LogP) is 4.45. The lowest BCUT2D eigenvalue weighted by Crippen LogP contribution is -2.37. The van der Waals surface area contributed by atoms with E-state index in [9.17, 15) is 9.59 Å². The number of ether oxygens (including phenoxy) is 2. The number of amides is 2. The quantitative estimate of drug-likeness (QED) is 0.536. The van der Waals surface area contributed by atoms with E-state index in [1.54, 1.807) is 26.4 Å². The minimum absolute atomic E-state index is 0.107. The summed E-state index contributed by atoms with van der Waals surface area (Å²) in [6.45, 7) is 6.57. The molecule has 2 aromatic rings. The summed E-state index contributed by atoms with van der Waals surface area (Å²) in [5.74, 6) is 0.769. The van der Waals surface area contributed by atoms with Gasteiger partial charge < -0.3 is 14.8 Å². The van der Waals surface area contributed by atoms with Crippen LogP contribution in [0.2, 0.25) is 0 Å². The van der Waals surface area contributed by atoms with Gasteiger partial charge in [0.05, 0.1) is 25.2 Å². The van der Waals surface area contributed by atoms with Gasteiger partial charge in [-0.25, -0.2) is 4.99 Å². The summed E-state index contributed by atoms with van der Waals surface area (Å²) in [6, 6.07) is 15.2. The van der Waals surface area contributed by atoms with Crippen molar-refractivity contribution in [3.63, 3.8) is 0 Å². The number of benzene rings is 2. The molecule has 34 heavy (non-hydrogen) atoms. The summed E-state index contributed by atoms with van der Waals surface area (Å²) in [5.41, 5.74) is 3.06. The minimum Gasteiger partial charge on any atom is -0.497 e. The zero-order valence-corrected chi connectivity index (χ0v) is 21.0. The van der Waals surface area contributed by atoms with Crippen molar-refractivity contribution in [2.75, 3.05) is 31.5 Å². The molecule has 1 atom stereocenters. The van der Waals surface area contributed by atoms with Crippen molar-refractivity contribution >= 4 is 40.5 Å². The monoisotopic (exact) mass is 481 g/mol. The number of thioether (sulfide) groups is 1. The molecule has 1 aliphatic rings. The molecule has 0 fully saturated rings. The first kappa shape index (κ1) is 25.5. The molecule has 1 unspecified atom stereocenters. The normalized spacial score (nSPS) is 15.6. The second-order valence-corrected chi connectivity index (χ2v) is 9.24. The molecular formula is C26H31N3O4S. The molecular weight excluding hydrogens is 450 g/mol. The molecule has 0 saturated carbocycles. The first-order chi connectivity index (χ1) is 16.3. The van der Waals surface area contributed by atoms with Gasteiger partial charge in [-0.2, -0.15) is 0 Å². The zero-order chi connectivity index (χ0) is 24.7. The third-order valence-electron chi connectivity index (χ3n) is 5.20. The second-order valence-electron chi connectivity index (χ2n) is 8.30. The summed E-state index contributed by atoms with van der Waals surface area (Å²) in [6.07, 6.45) is 1.77. The van der Waals surface area contributed by atoms with E-state index < -0.39 is 0 Å². The lowest BCUT2D eigenvalue weighted by atomic mass is 10.0. The van der Waals surface area contributed by atoms with E-state index in [2.05, 4.69) is 36.3 Å². The van der Waals surface area contributed by atoms with Gasteiger partial charge in [0.1, 0.15) is 11.4 Å². The molecule has 1 aliphatic heterocycles. The fourth-order valence-corrected chi connectivity index (χ4v) is 4.27. The van der Waals surface area contributed by atoms with Gasteiger partial charge in [0, 0.05) is 19.2 Å². The maximum Gasteiger partial charge on any atom is 0.283 e. The fourth-order valence-electron chi connectivity index (χ4n) is 3.44. The van der Waals surface area contributed by atoms with Crippen molar-refractivity contribution in [3.8, 4) is 5.75 Å². The number of rotatable bonds is 9. The highest BCUT2D eigenvalue weighted by Gasteiger charge is 2.32. The molecule has 2 amide bonds. The van der Waals surface area contributed by atoms with Gasteiger partial charge in [0.15, 0.2) is 5.17 Å². The van der Waals surface area contributed by atoms with Crippen LogP contribution in [-0.2, 0) is 14.3 Å². The Hall–Kier alpha value is -3.10. The van der Waals surface area contributed by atoms with Crippen molar-refractivity contribution in [2.45, 2.75) is 32.7 Å². The van der Waals surface area contributed by atoms with Gasteiger partial charge in [-0.3, -0.25) is 14.5 Å². The van der Waals surface area contributed by atoms with Gasteiger partial charge in [-0.05, 0) is 42.2 Å². The van der Waals surface area contributed by atoms with Crippen molar-refractivity contribution < 1.29 is 19.1 Å². The van der Waals surface area contributed by atoms with E-state index in [0.717, 1.165) is 5.56 Å². The third-order valence-corrected chi connectivity index (χ3v) is 6.14. The van der Waals surface area contributed by atoms with Gasteiger partial charge in [-0.1, -0.05) is 55.9 Å². The molecule has 0 aliphatic carbocycles. The van der Waals surface area contributed by atoms with E-state index in [-0.39, 0.29) is 23.6 Å². The van der Waals surface area contributed by atoms with Crippen LogP contribution >= 0.6 is 11.8 Å². The van der Waals surface area contributed by atoms with Gasteiger partial charge in [0.25, 0.3) is 5.91 Å². The van der Waals surface area contributed by atoms with Crippen molar-refractivity contribution in [3.05, 3.63) is 65.4 Å². The van der Waals surface area contributed by atoms with Crippen molar-refractivity contribution in [2.24, 2.45) is 4.99 Å². The highest BCUT2D eigenvalue weighted by atomic mass is 32.2. The van der Waals surface area contributed by atoms with Crippen molar-refractivity contribution in [1.29, 1.82) is 0 Å². The van der Waals surface area contributed by atoms with Crippen LogP contribution in [0.5, 0.6) is 5.75 Å². The van der Waals surface area contributed by atoms with Crippen LogP contribution in [0.15, 0.2) is 59.2 Å². The van der Waals surface area contributed by atoms with Gasteiger partial charge in [-0.15, -0.1) is 0 Å². The van der Waals surface area contributed by atoms with E-state index >= 15 is 0 Å². The summed E-state index contributed by atoms with van der Waals surface area (Å²) in [4.78, 5) is 31.9. The first-order valence-electron chi connectivity index (χ1n) is 11.1. The Morgan fingerprint density at radius 3 is 2.53 bits per heavy atom. The van der Waals surface area contributed by atoms with Crippen LogP contribution < -0.4 is 15.0 Å². The summed E-state index contributed by atoms with van der Waals surface area (Å²) < 4.78 is 10.4. The lowest BCUT2D eigenvalue weighted by Gasteiger charge is -2.19. The summed E-state index contributed by atoms with van der Waals surface area (Å²) in [7, 11) is 3.17. The Labute approximate surface area is 205 Å². The SMILES string of the molecule is COCC(C)NC(=O)CSC1=N/C(=C\c2ccc(C(C)C)cc2)C(=O)N1c1cccc(OC)c1. The Kier molecular flexibility index (Phi) is 8.90. The van der Waals surface area contributed by atoms with E-state index in [1.807, 2.05) is 37.3 Å². The molecule has 0 radical (unpaired) electrons. The van der Waals surface area contributed by atoms with E-state index in [1.165, 1.54) is 22.2 Å². The average molecular weight is 482 g/mol. The number of nitrogens with one attached hydrogen (secondary N) is 1. The Morgan fingerprint density at radius 2 is 1.88 bits per heavy atom. The van der Waals surface area contributed by atoms with Crippen LogP contribution in [0, 0.1) is 0 Å². The van der Waals surface area contributed by atoms with E-state index in [0.29, 0.717) is 34.8 Å². The van der Waals surface area contributed by atoms with Crippen LogP contribution in [-0.4, -0.2) is 49.6 Å². The molecule has 1 N–H and O–H groups in total. The highest BCUT2D eigenvalue weighted by Crippen LogP contribution is 2.31. The number of nitrogens with zero attached hydrogens (tertiary/aromatic N) is 2. The maximum atomic E-state index is 13.4. The number of amidine groups is 1. The first-order valence-corrected chi connectivity index (χ1v) is 12.1. The standard InChI is InChI=1S/C26H31N3O4S/c1-17(2)20-11-9-19(10-12-20)13-23-25(31)29(21-7-6-8-22(14-21)33-5)26(28-23)34-16-24(30)27-18(3)15-32-4/h6-14,17-18H,15-16H2,1-5H3,(H,27,30)/b23-13-. The number of anilines is 1. The Bertz CT molecular complexity index is 1080. The van der Waals surface area contributed by atoms with Crippen LogP contribution in [0.1, 0.15) is 37.8 Å². The second kappa shape index (κ2) is 11.9. The topological polar surface area (TPSA) is 80.2 Å². The van der Waals surface area contributed by atoms with Gasteiger partial charge in [0.2, 0.25) is 5.91 Å². The Balaban J connectivity index is 1.86. The number of hydrogen-bond acceptors (Lipinski definition) is 6. The molecule has 0 bridgehead atoms. The minimum atomic E-state index is -0.253. The lowest BCUT2D eigenvalue weighted by molar-refractivity contribution is -0.119. The molecule has 2 aromatic carbocycles. The third kappa shape index (κ3) is 6.48. The van der Waals surface area contributed by atoms with Crippen molar-refractivity contribution in [1.82, 2.24) is 5.32 Å². The van der Waals surface area contributed by atoms with Crippen LogP contribution in [0.25, 0.3) is 6.08 Å². The predicted molar refractivity (Wildman–Crippen MR) is 138 cm³/mol. The molecule has 0 aromatic heterocycles. The smallest absolute Gasteiger partial charge is 0.283 e. The average Bonchev–Trinajstić information content (AvgIpc) is 3.13. The number of aliphatic imine (C=N–C) groups is 1. The van der Waals surface area contributed by atoms with Gasteiger partial charge >= 0.3 is 0 Å². The maximum absolute atomic E-state index is 13.4. The number of carbonyl (C=O) groups is 2. The molecule has 3 rings (SSSR count). The molecule has 0 saturated heterocycles. The number of hydrogen-bond donors (Lipinski definition) is 1. The molecule has 8 heteroatoms. The summed E-state index contributed by atoms with van der Waals surface area (Å²) in [5, 5.41) is 3.32. The number of methoxy groups -OCH3 is 2. The van der Waals surface area contributed by atoms with E-state index in [4.69, 9.17) is 9.47 Å². The Morgan fingerprint density at radius 1 is 1.15 bits per heavy atom. The molecule has 1 heterocycles. The summed E-state index contributed by atoms with van der Waals surface area (Å²) >= 11 is 1.21. The molecule has 0 spiro atoms. The van der Waals surface area contributed by atoms with Crippen LogP contribution in [0.3, 0.4) is 0 Å². The molecule has 180 valence electrons. The largest absolute Gasteiger partial charge is 0.497 e. The van der Waals surface area contributed by atoms with Crippen LogP contribution in [0.4, 0.5) is 5.69 Å². The zero-order valence-electron chi connectivity index (χ0n) is 20.2.